The SMILES string of the molecule is COCCCNC(=O)c1cc2occc2c(Nc2ccc(F)cc2)n1. The van der Waals surface area contributed by atoms with Gasteiger partial charge in [-0.15, -0.1) is 0 Å². The number of methoxy groups -OCH3 is 1. The Morgan fingerprint density at radius 2 is 2.08 bits per heavy atom. The molecule has 0 spiro atoms. The molecule has 0 atom stereocenters. The van der Waals surface area contributed by atoms with Crippen LogP contribution in [0.2, 0.25) is 0 Å². The molecule has 7 heteroatoms. The van der Waals surface area contributed by atoms with Gasteiger partial charge in [-0.25, -0.2) is 9.37 Å². The van der Waals surface area contributed by atoms with Gasteiger partial charge in [0, 0.05) is 32.0 Å². The zero-order valence-corrected chi connectivity index (χ0v) is 13.7. The first-order valence-electron chi connectivity index (χ1n) is 7.85. The Bertz CT molecular complexity index is 862. The van der Waals surface area contributed by atoms with Crippen molar-refractivity contribution < 1.29 is 18.3 Å². The average molecular weight is 343 g/mol. The highest BCUT2D eigenvalue weighted by Crippen LogP contribution is 2.26. The van der Waals surface area contributed by atoms with Gasteiger partial charge in [0.1, 0.15) is 22.9 Å². The fraction of sp³-hybridized carbons (Fsp3) is 0.222. The van der Waals surface area contributed by atoms with E-state index in [9.17, 15) is 9.18 Å². The second-order valence-corrected chi connectivity index (χ2v) is 5.42. The summed E-state index contributed by atoms with van der Waals surface area (Å²) in [5.41, 5.74) is 1.44. The van der Waals surface area contributed by atoms with Gasteiger partial charge in [0.15, 0.2) is 0 Å². The van der Waals surface area contributed by atoms with Crippen molar-refractivity contribution in [1.82, 2.24) is 10.3 Å². The number of nitrogens with one attached hydrogen (secondary N) is 2. The lowest BCUT2D eigenvalue weighted by atomic mass is 10.2. The van der Waals surface area contributed by atoms with Gasteiger partial charge in [0.2, 0.25) is 0 Å². The highest BCUT2D eigenvalue weighted by atomic mass is 19.1. The Kier molecular flexibility index (Phi) is 5.25. The number of halogens is 1. The molecule has 25 heavy (non-hydrogen) atoms. The Balaban J connectivity index is 1.83. The molecule has 0 saturated heterocycles. The number of carbonyl (C=O) groups excluding carboxylic acids is 1. The molecule has 0 bridgehead atoms. The normalized spacial score (nSPS) is 10.8. The first kappa shape index (κ1) is 16.9. The molecular weight excluding hydrogens is 325 g/mol. The molecule has 0 aliphatic heterocycles. The van der Waals surface area contributed by atoms with Crippen molar-refractivity contribution >= 4 is 28.4 Å². The molecule has 0 aliphatic rings. The summed E-state index contributed by atoms with van der Waals surface area (Å²) in [6.45, 7) is 1.06. The Hall–Kier alpha value is -2.93. The van der Waals surface area contributed by atoms with Gasteiger partial charge in [0.05, 0.1) is 11.6 Å². The maximum absolute atomic E-state index is 13.1. The van der Waals surface area contributed by atoms with Crippen molar-refractivity contribution in [3.05, 3.63) is 54.2 Å². The first-order chi connectivity index (χ1) is 12.2. The molecule has 6 nitrogen and oxygen atoms in total. The molecule has 130 valence electrons. The lowest BCUT2D eigenvalue weighted by Gasteiger charge is -2.09. The molecule has 0 fully saturated rings. The third kappa shape index (κ3) is 4.13. The average Bonchev–Trinajstić information content (AvgIpc) is 3.09. The Morgan fingerprint density at radius 1 is 1.28 bits per heavy atom. The van der Waals surface area contributed by atoms with Gasteiger partial charge in [-0.2, -0.15) is 0 Å². The van der Waals surface area contributed by atoms with Gasteiger partial charge >= 0.3 is 0 Å². The number of carbonyl (C=O) groups is 1. The van der Waals surface area contributed by atoms with E-state index in [0.29, 0.717) is 36.7 Å². The zero-order valence-electron chi connectivity index (χ0n) is 13.7. The van der Waals surface area contributed by atoms with Crippen LogP contribution in [0.25, 0.3) is 11.0 Å². The van der Waals surface area contributed by atoms with Gasteiger partial charge in [-0.1, -0.05) is 0 Å². The van der Waals surface area contributed by atoms with Crippen molar-refractivity contribution in [3.63, 3.8) is 0 Å². The zero-order chi connectivity index (χ0) is 17.6. The van der Waals surface area contributed by atoms with E-state index in [2.05, 4.69) is 15.6 Å². The minimum Gasteiger partial charge on any atom is -0.464 e. The Morgan fingerprint density at radius 3 is 2.84 bits per heavy atom. The quantitative estimate of drug-likeness (QED) is 0.642. The van der Waals surface area contributed by atoms with Crippen LogP contribution in [0.3, 0.4) is 0 Å². The van der Waals surface area contributed by atoms with E-state index in [1.54, 1.807) is 31.4 Å². The molecule has 2 N–H and O–H groups in total. The lowest BCUT2D eigenvalue weighted by Crippen LogP contribution is -2.26. The molecular formula is C18H18FN3O3. The van der Waals surface area contributed by atoms with E-state index in [1.807, 2.05) is 0 Å². The van der Waals surface area contributed by atoms with Crippen LogP contribution in [-0.4, -0.2) is 31.2 Å². The van der Waals surface area contributed by atoms with Crippen molar-refractivity contribution in [2.45, 2.75) is 6.42 Å². The number of hydrogen-bond donors (Lipinski definition) is 2. The molecule has 1 aromatic carbocycles. The summed E-state index contributed by atoms with van der Waals surface area (Å²) in [5.74, 6) is -0.146. The van der Waals surface area contributed by atoms with Crippen LogP contribution < -0.4 is 10.6 Å². The lowest BCUT2D eigenvalue weighted by molar-refractivity contribution is 0.0944. The molecule has 0 aliphatic carbocycles. The summed E-state index contributed by atoms with van der Waals surface area (Å²) in [4.78, 5) is 16.7. The number of pyridine rings is 1. The first-order valence-corrected chi connectivity index (χ1v) is 7.85. The van der Waals surface area contributed by atoms with Crippen LogP contribution in [0.1, 0.15) is 16.9 Å². The molecule has 3 aromatic rings. The van der Waals surface area contributed by atoms with Crippen LogP contribution in [0.4, 0.5) is 15.9 Å². The fourth-order valence-corrected chi connectivity index (χ4v) is 2.36. The largest absolute Gasteiger partial charge is 0.464 e. The number of anilines is 2. The summed E-state index contributed by atoms with van der Waals surface area (Å²) >= 11 is 0. The van der Waals surface area contributed by atoms with Crippen molar-refractivity contribution in [3.8, 4) is 0 Å². The van der Waals surface area contributed by atoms with Gasteiger partial charge in [0.25, 0.3) is 5.91 Å². The van der Waals surface area contributed by atoms with Crippen molar-refractivity contribution in [1.29, 1.82) is 0 Å². The predicted octanol–water partition coefficient (Wildman–Crippen LogP) is 3.48. The highest BCUT2D eigenvalue weighted by Gasteiger charge is 2.14. The number of furan rings is 1. The number of amides is 1. The Labute approximate surface area is 144 Å². The van der Waals surface area contributed by atoms with E-state index >= 15 is 0 Å². The maximum atomic E-state index is 13.1. The number of nitrogens with zero attached hydrogens (tertiary/aromatic N) is 1. The topological polar surface area (TPSA) is 76.4 Å². The van der Waals surface area contributed by atoms with Crippen molar-refractivity contribution in [2.75, 3.05) is 25.6 Å². The van der Waals surface area contributed by atoms with Crippen LogP contribution >= 0.6 is 0 Å². The second kappa shape index (κ2) is 7.76. The van der Waals surface area contributed by atoms with Crippen LogP contribution in [0.5, 0.6) is 0 Å². The third-order valence-corrected chi connectivity index (χ3v) is 3.60. The number of aromatic nitrogens is 1. The number of benzene rings is 1. The van der Waals surface area contributed by atoms with Gasteiger partial charge in [-0.3, -0.25) is 4.79 Å². The molecule has 0 unspecified atom stereocenters. The summed E-state index contributed by atoms with van der Waals surface area (Å²) in [6.07, 6.45) is 2.24. The number of rotatable bonds is 7. The van der Waals surface area contributed by atoms with Crippen LogP contribution in [-0.2, 0) is 4.74 Å². The molecule has 1 amide bonds. The number of ether oxygens (including phenoxy) is 1. The molecule has 0 radical (unpaired) electrons. The minimum absolute atomic E-state index is 0.240. The predicted molar refractivity (Wildman–Crippen MR) is 92.5 cm³/mol. The van der Waals surface area contributed by atoms with Crippen LogP contribution in [0, 0.1) is 5.82 Å². The molecule has 3 rings (SSSR count). The second-order valence-electron chi connectivity index (χ2n) is 5.42. The smallest absolute Gasteiger partial charge is 0.270 e. The molecule has 0 saturated carbocycles. The summed E-state index contributed by atoms with van der Waals surface area (Å²) in [5, 5.41) is 6.62. The number of hydrogen-bond acceptors (Lipinski definition) is 5. The summed E-state index contributed by atoms with van der Waals surface area (Å²) in [6, 6.07) is 9.24. The monoisotopic (exact) mass is 343 g/mol. The summed E-state index contributed by atoms with van der Waals surface area (Å²) < 4.78 is 23.4. The highest BCUT2D eigenvalue weighted by molar-refractivity contribution is 5.99. The fourth-order valence-electron chi connectivity index (χ4n) is 2.36. The van der Waals surface area contributed by atoms with E-state index < -0.39 is 0 Å². The van der Waals surface area contributed by atoms with Crippen LogP contribution in [0.15, 0.2) is 47.1 Å². The minimum atomic E-state index is -0.323. The number of fused-ring (bicyclic) bond motifs is 1. The van der Waals surface area contributed by atoms with E-state index in [4.69, 9.17) is 9.15 Å². The van der Waals surface area contributed by atoms with E-state index in [0.717, 1.165) is 5.39 Å². The van der Waals surface area contributed by atoms with Crippen molar-refractivity contribution in [2.24, 2.45) is 0 Å². The molecule has 2 heterocycles. The van der Waals surface area contributed by atoms with E-state index in [1.165, 1.54) is 18.4 Å². The summed E-state index contributed by atoms with van der Waals surface area (Å²) in [7, 11) is 1.61. The molecule has 2 aromatic heterocycles. The van der Waals surface area contributed by atoms with Gasteiger partial charge < -0.3 is 19.8 Å². The van der Waals surface area contributed by atoms with E-state index in [-0.39, 0.29) is 17.4 Å². The third-order valence-electron chi connectivity index (χ3n) is 3.60. The maximum Gasteiger partial charge on any atom is 0.270 e. The van der Waals surface area contributed by atoms with Gasteiger partial charge in [-0.05, 0) is 36.8 Å². The standard InChI is InChI=1S/C18H18FN3O3/c1-24-9-2-8-20-18(23)15-11-16-14(7-10-25-16)17(22-15)21-13-5-3-12(19)4-6-13/h3-7,10-11H,2,8-9H2,1H3,(H,20,23)(H,21,22).